The standard InChI is InChI=1S/C55H40N4/c1-55(2,3)45-26-27-50-48(34-45)49-33-44-32-47(51(49)59(50)46-24-8-5-9-25-46)41-21-11-17-37(29-41)39-19-13-23-43(31-39)54-57-52(35-14-6-4-7-15-35)56-53(58-54)42-22-12-18-38(30-42)36-16-10-20-40(44)28-36/h4-34H,1-3H3. The second-order valence-corrected chi connectivity index (χ2v) is 16.6. The van der Waals surface area contributed by atoms with Crippen LogP contribution in [0.3, 0.4) is 0 Å². The molecule has 0 atom stereocenters. The van der Waals surface area contributed by atoms with Crippen molar-refractivity contribution in [3.05, 3.63) is 194 Å². The minimum atomic E-state index is -0.00579. The Labute approximate surface area is 342 Å². The van der Waals surface area contributed by atoms with E-state index in [0.29, 0.717) is 17.1 Å². The van der Waals surface area contributed by atoms with E-state index in [1.165, 1.54) is 38.1 Å². The Balaban J connectivity index is 1.36. The number of rotatable bonds is 2. The van der Waals surface area contributed by atoms with Crippen LogP contribution in [0.1, 0.15) is 26.3 Å². The molecule has 0 N–H and O–H groups in total. The molecule has 280 valence electrons. The van der Waals surface area contributed by atoms with E-state index in [4.69, 9.17) is 15.0 Å². The van der Waals surface area contributed by atoms with E-state index >= 15 is 0 Å². The van der Waals surface area contributed by atoms with Gasteiger partial charge in [-0.2, -0.15) is 0 Å². The van der Waals surface area contributed by atoms with Crippen molar-refractivity contribution < 1.29 is 0 Å². The van der Waals surface area contributed by atoms with Gasteiger partial charge in [-0.25, -0.2) is 15.0 Å². The van der Waals surface area contributed by atoms with Crippen molar-refractivity contribution in [3.8, 4) is 17.1 Å². The fourth-order valence-corrected chi connectivity index (χ4v) is 8.62. The van der Waals surface area contributed by atoms with Gasteiger partial charge in [-0.15, -0.1) is 0 Å². The van der Waals surface area contributed by atoms with Crippen molar-refractivity contribution in [2.75, 3.05) is 0 Å². The lowest BCUT2D eigenvalue weighted by Gasteiger charge is -2.19. The van der Waals surface area contributed by atoms with Crippen LogP contribution in [-0.2, 0) is 5.41 Å². The molecule has 4 nitrogen and oxygen atoms in total. The topological polar surface area (TPSA) is 43.6 Å². The summed E-state index contributed by atoms with van der Waals surface area (Å²) in [5.74, 6) is 0.644. The van der Waals surface area contributed by atoms with Crippen molar-refractivity contribution in [2.45, 2.75) is 26.2 Å². The fraction of sp³-hybridized carbons (Fsp3) is 0.0727. The summed E-state index contributed by atoms with van der Waals surface area (Å²) in [5, 5.41) is 13.4. The van der Waals surface area contributed by atoms with E-state index in [9.17, 15) is 0 Å². The van der Waals surface area contributed by atoms with Crippen LogP contribution in [0, 0.1) is 0 Å². The lowest BCUT2D eigenvalue weighted by atomic mass is 9.86. The number of fused-ring (bicyclic) bond motifs is 22. The normalized spacial score (nSPS) is 12.0. The summed E-state index contributed by atoms with van der Waals surface area (Å²) < 4.78 is 2.46. The molecule has 0 amide bonds. The van der Waals surface area contributed by atoms with Crippen LogP contribution >= 0.6 is 0 Å². The molecule has 0 saturated heterocycles. The molecule has 0 aliphatic rings. The minimum absolute atomic E-state index is 0.00579. The Kier molecular flexibility index (Phi) is 8.02. The van der Waals surface area contributed by atoms with E-state index in [1.54, 1.807) is 0 Å². The maximum atomic E-state index is 5.14. The summed E-state index contributed by atoms with van der Waals surface area (Å²) in [6.45, 7) is 6.88. The number of hydrogen-bond acceptors (Lipinski definition) is 3. The summed E-state index contributed by atoms with van der Waals surface area (Å²) in [6, 6.07) is 67.8. The third-order valence-electron chi connectivity index (χ3n) is 11.7. The second-order valence-electron chi connectivity index (χ2n) is 16.6. The van der Waals surface area contributed by atoms with E-state index < -0.39 is 0 Å². The molecule has 59 heavy (non-hydrogen) atoms. The van der Waals surface area contributed by atoms with Gasteiger partial charge in [0.05, 0.1) is 11.0 Å². The average molecular weight is 757 g/mol. The highest BCUT2D eigenvalue weighted by Crippen LogP contribution is 2.40. The Morgan fingerprint density at radius 2 is 0.864 bits per heavy atom. The number of hydrogen-bond donors (Lipinski definition) is 0. The van der Waals surface area contributed by atoms with Crippen LogP contribution < -0.4 is 0 Å². The van der Waals surface area contributed by atoms with Gasteiger partial charge in [0.1, 0.15) is 0 Å². The van der Waals surface area contributed by atoms with Gasteiger partial charge >= 0.3 is 0 Å². The summed E-state index contributed by atoms with van der Waals surface area (Å²) in [7, 11) is 0. The second kappa shape index (κ2) is 13.6. The van der Waals surface area contributed by atoms with Crippen LogP contribution in [0.4, 0.5) is 0 Å². The molecule has 12 bridgehead atoms. The molecule has 4 heteroatoms. The lowest BCUT2D eigenvalue weighted by Crippen LogP contribution is -2.10. The first-order valence-electron chi connectivity index (χ1n) is 20.3. The van der Waals surface area contributed by atoms with Crippen molar-refractivity contribution in [3.63, 3.8) is 0 Å². The zero-order valence-corrected chi connectivity index (χ0v) is 33.2. The minimum Gasteiger partial charge on any atom is -0.309 e. The summed E-state index contributed by atoms with van der Waals surface area (Å²) in [6.07, 6.45) is 0. The zero-order valence-electron chi connectivity index (χ0n) is 33.2. The molecule has 0 spiro atoms. The van der Waals surface area contributed by atoms with Crippen LogP contribution in [0.25, 0.3) is 104 Å². The maximum absolute atomic E-state index is 5.14. The third kappa shape index (κ3) is 6.12. The molecule has 11 aromatic rings. The highest BCUT2D eigenvalue weighted by Gasteiger charge is 2.20. The van der Waals surface area contributed by atoms with E-state index in [2.05, 4.69) is 195 Å². The molecule has 0 aliphatic carbocycles. The highest BCUT2D eigenvalue weighted by atomic mass is 15.0. The summed E-state index contributed by atoms with van der Waals surface area (Å²) in [5.41, 5.74) is 7.05. The number of aromatic nitrogens is 4. The van der Waals surface area contributed by atoms with E-state index in [-0.39, 0.29) is 5.41 Å². The Morgan fingerprint density at radius 3 is 1.46 bits per heavy atom. The van der Waals surface area contributed by atoms with Crippen molar-refractivity contribution >= 4 is 87.0 Å². The van der Waals surface area contributed by atoms with Crippen molar-refractivity contribution in [1.82, 2.24) is 19.5 Å². The molecule has 3 heterocycles. The number of para-hydroxylation sites is 1. The van der Waals surface area contributed by atoms with Gasteiger partial charge < -0.3 is 4.57 Å². The van der Waals surface area contributed by atoms with Gasteiger partial charge in [0.25, 0.3) is 0 Å². The molecule has 0 aliphatic heterocycles. The smallest absolute Gasteiger partial charge is 0.164 e. The SMILES string of the molecule is CC(C)(C)c1ccc2c(c1)c1cc3cc(c4cccc(c4)c4cccc(c4)c4nc(-c5ccccc5)nc(n4)c4cccc(c4)c4cccc3c4)c1n2-c1ccccc1. The van der Waals surface area contributed by atoms with Gasteiger partial charge in [0.15, 0.2) is 17.1 Å². The van der Waals surface area contributed by atoms with Crippen LogP contribution in [0.15, 0.2) is 188 Å². The molecule has 3 aromatic heterocycles. The zero-order chi connectivity index (χ0) is 39.7. The third-order valence-corrected chi connectivity index (χ3v) is 11.7. The fourth-order valence-electron chi connectivity index (χ4n) is 8.62. The first-order valence-corrected chi connectivity index (χ1v) is 20.3. The average Bonchev–Trinajstić information content (AvgIpc) is 3.62. The van der Waals surface area contributed by atoms with Crippen LogP contribution in [-0.4, -0.2) is 19.5 Å². The van der Waals surface area contributed by atoms with Crippen LogP contribution in [0.2, 0.25) is 0 Å². The Morgan fingerprint density at radius 1 is 0.373 bits per heavy atom. The maximum Gasteiger partial charge on any atom is 0.164 e. The molecule has 0 fully saturated rings. The van der Waals surface area contributed by atoms with Crippen molar-refractivity contribution in [2.24, 2.45) is 0 Å². The largest absolute Gasteiger partial charge is 0.309 e. The predicted octanol–water partition coefficient (Wildman–Crippen LogP) is 14.5. The molecule has 8 aromatic carbocycles. The predicted molar refractivity (Wildman–Crippen MR) is 250 cm³/mol. The molecule has 0 radical (unpaired) electrons. The summed E-state index contributed by atoms with van der Waals surface area (Å²) in [4.78, 5) is 15.3. The number of nitrogens with zero attached hydrogens (tertiary/aromatic N) is 4. The highest BCUT2D eigenvalue weighted by molar-refractivity contribution is 6.21. The molecular formula is C55H40N4. The quantitative estimate of drug-likeness (QED) is 0.176. The van der Waals surface area contributed by atoms with Gasteiger partial charge in [-0.1, -0.05) is 148 Å². The summed E-state index contributed by atoms with van der Waals surface area (Å²) >= 11 is 0. The van der Waals surface area contributed by atoms with Gasteiger partial charge in [0, 0.05) is 38.2 Å². The van der Waals surface area contributed by atoms with Crippen molar-refractivity contribution in [1.29, 1.82) is 0 Å². The Hall–Kier alpha value is -7.43. The van der Waals surface area contributed by atoms with Gasteiger partial charge in [-0.05, 0) is 109 Å². The Bertz CT molecular complexity index is 3580. The molecular weight excluding hydrogens is 717 g/mol. The molecule has 0 unspecified atom stereocenters. The molecule has 0 saturated carbocycles. The monoisotopic (exact) mass is 756 g/mol. The number of benzene rings is 8. The lowest BCUT2D eigenvalue weighted by molar-refractivity contribution is 0.591. The van der Waals surface area contributed by atoms with E-state index in [0.717, 1.165) is 54.3 Å². The molecule has 11 rings (SSSR count). The first kappa shape index (κ1) is 34.8. The van der Waals surface area contributed by atoms with Gasteiger partial charge in [-0.3, -0.25) is 0 Å². The van der Waals surface area contributed by atoms with Gasteiger partial charge in [0.2, 0.25) is 0 Å². The van der Waals surface area contributed by atoms with Crippen LogP contribution in [0.5, 0.6) is 0 Å². The first-order chi connectivity index (χ1) is 28.8. The van der Waals surface area contributed by atoms with E-state index in [1.807, 2.05) is 18.2 Å².